The quantitative estimate of drug-likeness (QED) is 0.460. The summed E-state index contributed by atoms with van der Waals surface area (Å²) >= 11 is 1.50. The van der Waals surface area contributed by atoms with E-state index in [2.05, 4.69) is 5.32 Å². The van der Waals surface area contributed by atoms with Crippen LogP contribution in [0.3, 0.4) is 0 Å². The molecular formula is C24H28N2O6S. The number of carbonyl (C=O) groups excluding carboxylic acids is 2. The number of aliphatic hydroxyl groups excluding tert-OH is 1. The second-order valence-electron chi connectivity index (χ2n) is 7.68. The molecule has 1 aliphatic rings. The average Bonchev–Trinajstić information content (AvgIpc) is 3.13. The highest BCUT2D eigenvalue weighted by molar-refractivity contribution is 7.98. The van der Waals surface area contributed by atoms with Crippen molar-refractivity contribution in [2.75, 3.05) is 38.3 Å². The molecule has 0 saturated heterocycles. The molecule has 9 heteroatoms. The number of amides is 2. The summed E-state index contributed by atoms with van der Waals surface area (Å²) in [5, 5.41) is 20.9. The number of nitrogens with zero attached hydrogens (tertiary/aromatic N) is 1. The van der Waals surface area contributed by atoms with Crippen molar-refractivity contribution in [2.45, 2.75) is 18.4 Å². The van der Waals surface area contributed by atoms with E-state index in [4.69, 9.17) is 9.84 Å². The van der Waals surface area contributed by atoms with Crippen LogP contribution in [0.15, 0.2) is 48.5 Å². The summed E-state index contributed by atoms with van der Waals surface area (Å²) in [6, 6.07) is 15.0. The molecule has 0 fully saturated rings. The highest BCUT2D eigenvalue weighted by atomic mass is 32.2. The zero-order chi connectivity index (χ0) is 23.8. The molecule has 8 nitrogen and oxygen atoms in total. The van der Waals surface area contributed by atoms with Crippen molar-refractivity contribution in [1.82, 2.24) is 10.2 Å². The molecule has 0 saturated carbocycles. The third kappa shape index (κ3) is 6.06. The molecule has 0 spiro atoms. The predicted molar refractivity (Wildman–Crippen MR) is 126 cm³/mol. The van der Waals surface area contributed by atoms with Crippen LogP contribution in [0.5, 0.6) is 0 Å². The zero-order valence-electron chi connectivity index (χ0n) is 18.4. The van der Waals surface area contributed by atoms with Gasteiger partial charge in [-0.2, -0.15) is 11.8 Å². The van der Waals surface area contributed by atoms with Gasteiger partial charge < -0.3 is 25.2 Å². The van der Waals surface area contributed by atoms with E-state index in [-0.39, 0.29) is 25.7 Å². The number of carbonyl (C=O) groups is 3. The molecule has 2 aromatic carbocycles. The molecule has 2 amide bonds. The van der Waals surface area contributed by atoms with Crippen LogP contribution in [0, 0.1) is 0 Å². The van der Waals surface area contributed by atoms with Crippen molar-refractivity contribution in [1.29, 1.82) is 0 Å². The number of hydrogen-bond acceptors (Lipinski definition) is 6. The van der Waals surface area contributed by atoms with E-state index < -0.39 is 30.6 Å². The third-order valence-corrected chi connectivity index (χ3v) is 6.20. The van der Waals surface area contributed by atoms with Gasteiger partial charge in [0.15, 0.2) is 0 Å². The first-order valence-electron chi connectivity index (χ1n) is 10.7. The van der Waals surface area contributed by atoms with Crippen LogP contribution in [0.25, 0.3) is 11.1 Å². The van der Waals surface area contributed by atoms with Crippen LogP contribution >= 0.6 is 11.8 Å². The number of ether oxygens (including phenoxy) is 1. The van der Waals surface area contributed by atoms with Gasteiger partial charge in [-0.25, -0.2) is 4.79 Å². The Labute approximate surface area is 196 Å². The van der Waals surface area contributed by atoms with Gasteiger partial charge in [-0.15, -0.1) is 0 Å². The number of aliphatic carboxylic acids is 1. The van der Waals surface area contributed by atoms with E-state index in [1.165, 1.54) is 11.8 Å². The summed E-state index contributed by atoms with van der Waals surface area (Å²) in [6.07, 6.45) is 1.44. The standard InChI is InChI=1S/C24H28N2O6S/c1-33-13-10-21(23(30)26(11-12-27)14-22(28)29)25-24(31)32-15-20-18-8-4-2-6-16(18)17-7-3-5-9-19(17)20/h2-9,20-21,27H,10-15H2,1H3,(H,25,31)(H,28,29). The molecule has 1 unspecified atom stereocenters. The normalized spacial score (nSPS) is 13.0. The summed E-state index contributed by atoms with van der Waals surface area (Å²) < 4.78 is 5.53. The van der Waals surface area contributed by atoms with Crippen molar-refractivity contribution in [3.8, 4) is 11.1 Å². The molecular weight excluding hydrogens is 444 g/mol. The van der Waals surface area contributed by atoms with Crippen LogP contribution in [-0.4, -0.2) is 77.4 Å². The highest BCUT2D eigenvalue weighted by Gasteiger charge is 2.31. The molecule has 0 bridgehead atoms. The number of fused-ring (bicyclic) bond motifs is 3. The van der Waals surface area contributed by atoms with Crippen LogP contribution in [0.1, 0.15) is 23.5 Å². The Kier molecular flexibility index (Phi) is 8.73. The zero-order valence-corrected chi connectivity index (χ0v) is 19.2. The molecule has 2 aromatic rings. The fraction of sp³-hybridized carbons (Fsp3) is 0.375. The fourth-order valence-electron chi connectivity index (χ4n) is 4.05. The first-order valence-corrected chi connectivity index (χ1v) is 12.1. The summed E-state index contributed by atoms with van der Waals surface area (Å²) in [4.78, 5) is 37.6. The molecule has 3 rings (SSSR count). The summed E-state index contributed by atoms with van der Waals surface area (Å²) in [5.41, 5.74) is 4.39. The number of alkyl carbamates (subject to hydrolysis) is 1. The van der Waals surface area contributed by atoms with E-state index in [1.54, 1.807) is 0 Å². The second kappa shape index (κ2) is 11.7. The number of thioether (sulfide) groups is 1. The number of carboxylic acid groups (broad SMARTS) is 1. The predicted octanol–water partition coefficient (Wildman–Crippen LogP) is 2.55. The van der Waals surface area contributed by atoms with Crippen molar-refractivity contribution in [3.63, 3.8) is 0 Å². The van der Waals surface area contributed by atoms with Gasteiger partial charge >= 0.3 is 12.1 Å². The average molecular weight is 473 g/mol. The summed E-state index contributed by atoms with van der Waals surface area (Å²) in [7, 11) is 0. The van der Waals surface area contributed by atoms with Gasteiger partial charge in [0, 0.05) is 12.5 Å². The SMILES string of the molecule is CSCCC(NC(=O)OCC1c2ccccc2-c2ccccc21)C(=O)N(CCO)CC(=O)O. The van der Waals surface area contributed by atoms with E-state index >= 15 is 0 Å². The van der Waals surface area contributed by atoms with Gasteiger partial charge in [-0.3, -0.25) is 9.59 Å². The van der Waals surface area contributed by atoms with Crippen LogP contribution in [0.2, 0.25) is 0 Å². The maximum Gasteiger partial charge on any atom is 0.407 e. The van der Waals surface area contributed by atoms with E-state index in [0.29, 0.717) is 12.2 Å². The van der Waals surface area contributed by atoms with Gasteiger partial charge in [0.05, 0.1) is 6.61 Å². The van der Waals surface area contributed by atoms with Crippen molar-refractivity contribution < 1.29 is 29.3 Å². The molecule has 176 valence electrons. The second-order valence-corrected chi connectivity index (χ2v) is 8.67. The largest absolute Gasteiger partial charge is 0.480 e. The molecule has 0 radical (unpaired) electrons. The number of rotatable bonds is 11. The van der Waals surface area contributed by atoms with E-state index in [1.807, 2.05) is 54.8 Å². The lowest BCUT2D eigenvalue weighted by molar-refractivity contribution is -0.145. The Morgan fingerprint density at radius 1 is 1.09 bits per heavy atom. The Balaban J connectivity index is 1.68. The van der Waals surface area contributed by atoms with Crippen LogP contribution in [0.4, 0.5) is 4.79 Å². The van der Waals surface area contributed by atoms with Gasteiger partial charge in [0.1, 0.15) is 19.2 Å². The van der Waals surface area contributed by atoms with E-state index in [9.17, 15) is 19.5 Å². The molecule has 1 aliphatic carbocycles. The maximum absolute atomic E-state index is 12.9. The first kappa shape index (κ1) is 24.6. The Hall–Kier alpha value is -3.04. The van der Waals surface area contributed by atoms with Crippen LogP contribution < -0.4 is 5.32 Å². The molecule has 33 heavy (non-hydrogen) atoms. The molecule has 1 atom stereocenters. The highest BCUT2D eigenvalue weighted by Crippen LogP contribution is 2.44. The van der Waals surface area contributed by atoms with Gasteiger partial charge in [0.2, 0.25) is 5.91 Å². The topological polar surface area (TPSA) is 116 Å². The Bertz CT molecular complexity index is 953. The lowest BCUT2D eigenvalue weighted by atomic mass is 9.98. The number of aliphatic hydroxyl groups is 1. The lowest BCUT2D eigenvalue weighted by Gasteiger charge is -2.26. The summed E-state index contributed by atoms with van der Waals surface area (Å²) in [5.74, 6) is -1.28. The molecule has 3 N–H and O–H groups in total. The third-order valence-electron chi connectivity index (χ3n) is 5.55. The minimum absolute atomic E-state index is 0.110. The Morgan fingerprint density at radius 3 is 2.24 bits per heavy atom. The van der Waals surface area contributed by atoms with Gasteiger partial charge in [-0.1, -0.05) is 48.5 Å². The van der Waals surface area contributed by atoms with Crippen molar-refractivity contribution >= 4 is 29.7 Å². The smallest absolute Gasteiger partial charge is 0.407 e. The minimum atomic E-state index is -1.19. The first-order chi connectivity index (χ1) is 16.0. The lowest BCUT2D eigenvalue weighted by Crippen LogP contribution is -2.51. The molecule has 0 heterocycles. The number of carboxylic acids is 1. The number of nitrogens with one attached hydrogen (secondary N) is 1. The number of benzene rings is 2. The van der Waals surface area contributed by atoms with Crippen molar-refractivity contribution in [3.05, 3.63) is 59.7 Å². The van der Waals surface area contributed by atoms with Gasteiger partial charge in [0.25, 0.3) is 0 Å². The minimum Gasteiger partial charge on any atom is -0.480 e. The summed E-state index contributed by atoms with van der Waals surface area (Å²) in [6.45, 7) is -0.952. The van der Waals surface area contributed by atoms with Gasteiger partial charge in [-0.05, 0) is 40.7 Å². The molecule has 0 aromatic heterocycles. The molecule has 0 aliphatic heterocycles. The Morgan fingerprint density at radius 2 is 1.70 bits per heavy atom. The van der Waals surface area contributed by atoms with Crippen LogP contribution in [-0.2, 0) is 14.3 Å². The fourth-order valence-corrected chi connectivity index (χ4v) is 4.52. The van der Waals surface area contributed by atoms with Crippen molar-refractivity contribution in [2.24, 2.45) is 0 Å². The number of hydrogen-bond donors (Lipinski definition) is 3. The van der Waals surface area contributed by atoms with E-state index in [0.717, 1.165) is 27.2 Å². The monoisotopic (exact) mass is 472 g/mol. The maximum atomic E-state index is 12.9.